The average Bonchev–Trinajstić information content (AvgIpc) is 4.28. The predicted octanol–water partition coefficient (Wildman–Crippen LogP) is 19.3. The van der Waals surface area contributed by atoms with Crippen molar-refractivity contribution in [2.75, 3.05) is 4.90 Å². The Labute approximate surface area is 451 Å². The van der Waals surface area contributed by atoms with Crippen LogP contribution in [0, 0.1) is 0 Å². The third kappa shape index (κ3) is 5.78. The maximum atomic E-state index is 6.76. The molecule has 0 amide bonds. The van der Waals surface area contributed by atoms with E-state index in [0.717, 1.165) is 101 Å². The lowest BCUT2D eigenvalue weighted by molar-refractivity contribution is 0.436. The second kappa shape index (κ2) is 16.2. The number of fused-ring (bicyclic) bond motifs is 21. The largest absolute Gasteiger partial charge is 0.457 e. The number of furan rings is 1. The van der Waals surface area contributed by atoms with Gasteiger partial charge in [0.2, 0.25) is 0 Å². The monoisotopic (exact) mass is 995 g/mol. The number of ether oxygens (including phenoxy) is 2. The molecule has 2 aliphatic carbocycles. The minimum Gasteiger partial charge on any atom is -0.457 e. The molecule has 0 N–H and O–H groups in total. The first-order valence-corrected chi connectivity index (χ1v) is 26.8. The first-order valence-electron chi connectivity index (χ1n) is 26.8. The van der Waals surface area contributed by atoms with Gasteiger partial charge in [0.05, 0.1) is 10.8 Å². The summed E-state index contributed by atoms with van der Waals surface area (Å²) in [6.45, 7) is 0. The summed E-state index contributed by atoms with van der Waals surface area (Å²) in [6.07, 6.45) is 0. The van der Waals surface area contributed by atoms with Crippen LogP contribution in [0.4, 0.5) is 17.1 Å². The molecule has 2 aliphatic heterocycles. The van der Waals surface area contributed by atoms with Crippen LogP contribution < -0.4 is 14.4 Å². The smallest absolute Gasteiger partial charge is 0.135 e. The van der Waals surface area contributed by atoms with Gasteiger partial charge in [-0.05, 0) is 146 Å². The molecule has 0 atom stereocenters. The second-order valence-corrected chi connectivity index (χ2v) is 21.0. The van der Waals surface area contributed by atoms with E-state index in [-0.39, 0.29) is 0 Å². The van der Waals surface area contributed by atoms with Crippen LogP contribution in [0.25, 0.3) is 66.4 Å². The van der Waals surface area contributed by atoms with Gasteiger partial charge >= 0.3 is 0 Å². The highest BCUT2D eigenvalue weighted by Gasteiger charge is 2.53. The van der Waals surface area contributed by atoms with E-state index in [1.54, 1.807) is 0 Å². The van der Waals surface area contributed by atoms with Crippen molar-refractivity contribution in [3.63, 3.8) is 0 Å². The van der Waals surface area contributed by atoms with E-state index < -0.39 is 10.8 Å². The highest BCUT2D eigenvalue weighted by atomic mass is 16.5. The number of hydrogen-bond donors (Lipinski definition) is 0. The number of nitrogens with zero attached hydrogens (tertiary/aromatic N) is 1. The molecule has 17 rings (SSSR count). The van der Waals surface area contributed by atoms with Crippen LogP contribution in [0.5, 0.6) is 23.0 Å². The van der Waals surface area contributed by atoms with E-state index in [4.69, 9.17) is 13.9 Å². The zero-order chi connectivity index (χ0) is 51.1. The van der Waals surface area contributed by atoms with E-state index in [9.17, 15) is 0 Å². The molecule has 0 radical (unpaired) electrons. The van der Waals surface area contributed by atoms with Gasteiger partial charge in [-0.1, -0.05) is 194 Å². The van der Waals surface area contributed by atoms with Crippen LogP contribution in [0.2, 0.25) is 0 Å². The third-order valence-electron chi connectivity index (χ3n) is 17.2. The molecule has 4 aliphatic rings. The fourth-order valence-electron chi connectivity index (χ4n) is 14.1. The van der Waals surface area contributed by atoms with Gasteiger partial charge in [-0.3, -0.25) is 0 Å². The summed E-state index contributed by atoms with van der Waals surface area (Å²) in [4.78, 5) is 2.44. The van der Waals surface area contributed by atoms with Gasteiger partial charge in [0.1, 0.15) is 34.2 Å². The molecule has 364 valence electrons. The van der Waals surface area contributed by atoms with Crippen molar-refractivity contribution in [2.45, 2.75) is 10.8 Å². The Morgan fingerprint density at radius 1 is 0.256 bits per heavy atom. The van der Waals surface area contributed by atoms with E-state index in [1.165, 1.54) is 50.1 Å². The summed E-state index contributed by atoms with van der Waals surface area (Å²) in [7, 11) is 0. The summed E-state index contributed by atoms with van der Waals surface area (Å²) in [5.74, 6) is 3.51. The molecule has 2 spiro atoms. The first-order chi connectivity index (χ1) is 38.7. The summed E-state index contributed by atoms with van der Waals surface area (Å²) < 4.78 is 19.7. The zero-order valence-electron chi connectivity index (χ0n) is 42.2. The Bertz CT molecular complexity index is 4570. The summed E-state index contributed by atoms with van der Waals surface area (Å²) in [5, 5.41) is 2.23. The van der Waals surface area contributed by atoms with Gasteiger partial charge in [-0.2, -0.15) is 0 Å². The fraction of sp³-hybridized carbons (Fsp3) is 0.0270. The SMILES string of the molecule is c1cc(-c2cccc3c2-c2ccccc2C32c3ccccc3Oc3ccccc32)cc(N(c2ccc(-c3ccc4oc5ccccc5c4c3)cc2)c2ccc3c(c2)C2(c4ccccc4Oc4ccccc42)c2ccccc2-3)c1. The average molecular weight is 996 g/mol. The van der Waals surface area contributed by atoms with Gasteiger partial charge in [-0.15, -0.1) is 0 Å². The molecule has 0 saturated heterocycles. The van der Waals surface area contributed by atoms with E-state index in [0.29, 0.717) is 0 Å². The van der Waals surface area contributed by atoms with Crippen molar-refractivity contribution in [1.82, 2.24) is 0 Å². The minimum absolute atomic E-state index is 0.576. The molecule has 1 aromatic heterocycles. The molecule has 78 heavy (non-hydrogen) atoms. The lowest BCUT2D eigenvalue weighted by Gasteiger charge is -2.39. The molecular weight excluding hydrogens is 951 g/mol. The van der Waals surface area contributed by atoms with Crippen LogP contribution in [0.1, 0.15) is 44.5 Å². The van der Waals surface area contributed by atoms with Crippen LogP contribution >= 0.6 is 0 Å². The maximum absolute atomic E-state index is 6.76. The normalized spacial score (nSPS) is 14.1. The highest BCUT2D eigenvalue weighted by Crippen LogP contribution is 2.65. The number of rotatable bonds is 5. The van der Waals surface area contributed by atoms with Crippen molar-refractivity contribution >= 4 is 39.0 Å². The Balaban J connectivity index is 0.876. The van der Waals surface area contributed by atoms with Crippen molar-refractivity contribution in [3.05, 3.63) is 317 Å². The van der Waals surface area contributed by atoms with Crippen LogP contribution in [-0.2, 0) is 10.8 Å². The van der Waals surface area contributed by atoms with E-state index in [1.807, 2.05) is 12.1 Å². The summed E-state index contributed by atoms with van der Waals surface area (Å²) in [5.41, 5.74) is 22.8. The number of hydrogen-bond acceptors (Lipinski definition) is 4. The standard InChI is InChI=1S/C74H45NO3/c1-4-23-58-53(19-1)54-41-40-51(45-65(54)74(58)62-27-8-13-33-70(62)78-71-34-14-9-28-63(71)74)75(49-38-35-46(36-39-49)47-37-42-67-57(44-47)55-20-3-10-30-66(55)76-67)50-18-15-17-48(43-50)52-22-16-29-64-72(52)56-21-2-5-24-59(56)73(64)60-25-6-11-31-68(60)77-69-32-12-7-26-61(69)73/h1-45H. The Hall–Kier alpha value is -10.2. The molecule has 4 nitrogen and oxygen atoms in total. The fourth-order valence-corrected chi connectivity index (χ4v) is 14.1. The van der Waals surface area contributed by atoms with Crippen molar-refractivity contribution in [3.8, 4) is 67.5 Å². The maximum Gasteiger partial charge on any atom is 0.135 e. The summed E-state index contributed by atoms with van der Waals surface area (Å²) in [6, 6.07) is 99.3. The topological polar surface area (TPSA) is 34.8 Å². The second-order valence-electron chi connectivity index (χ2n) is 21.0. The zero-order valence-corrected chi connectivity index (χ0v) is 42.2. The lowest BCUT2D eigenvalue weighted by atomic mass is 9.66. The molecule has 4 heteroatoms. The number of para-hydroxylation sites is 5. The number of benzene rings is 12. The molecule has 0 unspecified atom stereocenters. The number of anilines is 3. The molecule has 0 fully saturated rings. The predicted molar refractivity (Wildman–Crippen MR) is 314 cm³/mol. The molecule has 12 aromatic carbocycles. The highest BCUT2D eigenvalue weighted by molar-refractivity contribution is 6.06. The Kier molecular flexibility index (Phi) is 8.94. The molecule has 0 saturated carbocycles. The Morgan fingerprint density at radius 2 is 0.731 bits per heavy atom. The van der Waals surface area contributed by atoms with Gasteiger partial charge in [-0.25, -0.2) is 0 Å². The van der Waals surface area contributed by atoms with Gasteiger partial charge in [0.15, 0.2) is 0 Å². The lowest BCUT2D eigenvalue weighted by Crippen LogP contribution is -2.32. The van der Waals surface area contributed by atoms with Gasteiger partial charge < -0.3 is 18.8 Å². The molecule has 13 aromatic rings. The van der Waals surface area contributed by atoms with Crippen molar-refractivity contribution in [1.29, 1.82) is 0 Å². The van der Waals surface area contributed by atoms with E-state index >= 15 is 0 Å². The minimum atomic E-state index is -0.629. The molecule has 0 bridgehead atoms. The van der Waals surface area contributed by atoms with Gasteiger partial charge in [0.25, 0.3) is 0 Å². The first kappa shape index (κ1) is 43.1. The van der Waals surface area contributed by atoms with Crippen LogP contribution in [0.15, 0.2) is 277 Å². The van der Waals surface area contributed by atoms with Crippen LogP contribution in [-0.4, -0.2) is 0 Å². The molecule has 3 heterocycles. The van der Waals surface area contributed by atoms with E-state index in [2.05, 4.69) is 266 Å². The van der Waals surface area contributed by atoms with Crippen molar-refractivity contribution in [2.24, 2.45) is 0 Å². The third-order valence-corrected chi connectivity index (χ3v) is 17.2. The quantitative estimate of drug-likeness (QED) is 0.172. The van der Waals surface area contributed by atoms with Crippen molar-refractivity contribution < 1.29 is 13.9 Å². The summed E-state index contributed by atoms with van der Waals surface area (Å²) >= 11 is 0. The Morgan fingerprint density at radius 3 is 1.41 bits per heavy atom. The molecular formula is C74H45NO3. The van der Waals surface area contributed by atoms with Crippen LogP contribution in [0.3, 0.4) is 0 Å². The van der Waals surface area contributed by atoms with Gasteiger partial charge in [0, 0.05) is 50.1 Å².